The van der Waals surface area contributed by atoms with Crippen LogP contribution in [0.2, 0.25) is 0 Å². The van der Waals surface area contributed by atoms with Crippen molar-refractivity contribution in [3.63, 3.8) is 0 Å². The van der Waals surface area contributed by atoms with Crippen LogP contribution in [0.3, 0.4) is 0 Å². The number of rotatable bonds is 2. The van der Waals surface area contributed by atoms with Crippen LogP contribution in [0.15, 0.2) is 24.3 Å². The molecule has 17 heavy (non-hydrogen) atoms. The first-order valence-corrected chi connectivity index (χ1v) is 6.81. The van der Waals surface area contributed by atoms with Gasteiger partial charge in [-0.25, -0.2) is 0 Å². The molecule has 0 atom stereocenters. The van der Waals surface area contributed by atoms with E-state index in [0.29, 0.717) is 0 Å². The Morgan fingerprint density at radius 3 is 1.94 bits per heavy atom. The normalized spacial score (nSPS) is 18.8. The van der Waals surface area contributed by atoms with Gasteiger partial charge in [-0.1, -0.05) is 46.4 Å². The maximum atomic E-state index is 10.2. The Balaban J connectivity index is 0. The highest BCUT2D eigenvalue weighted by Crippen LogP contribution is 2.28. The molecule has 0 aromatic heterocycles. The average molecular weight is 241 g/mol. The molecule has 1 N–H and O–H groups in total. The summed E-state index contributed by atoms with van der Waals surface area (Å²) in [5.74, 6) is 0. The number of hydrogen-bond donors (Lipinski definition) is 1. The SMILES string of the molecule is C=C(/C=C\C)C1(O)CCN(C)CC1.CC.CC. The van der Waals surface area contributed by atoms with Gasteiger partial charge in [0.2, 0.25) is 0 Å². The van der Waals surface area contributed by atoms with E-state index in [9.17, 15) is 5.11 Å². The summed E-state index contributed by atoms with van der Waals surface area (Å²) in [6.07, 6.45) is 5.43. The van der Waals surface area contributed by atoms with Crippen molar-refractivity contribution >= 4 is 0 Å². The Bertz CT molecular complexity index is 213. The molecule has 0 aromatic rings. The first-order chi connectivity index (χ1) is 8.08. The first-order valence-electron chi connectivity index (χ1n) is 6.81. The average Bonchev–Trinajstić information content (AvgIpc) is 2.38. The van der Waals surface area contributed by atoms with Crippen molar-refractivity contribution in [2.45, 2.75) is 53.1 Å². The molecule has 0 aliphatic carbocycles. The number of hydrogen-bond acceptors (Lipinski definition) is 2. The topological polar surface area (TPSA) is 23.5 Å². The van der Waals surface area contributed by atoms with E-state index in [1.807, 2.05) is 46.8 Å². The molecule has 0 radical (unpaired) electrons. The van der Waals surface area contributed by atoms with Crippen molar-refractivity contribution in [3.8, 4) is 0 Å². The summed E-state index contributed by atoms with van der Waals surface area (Å²) in [7, 11) is 2.08. The lowest BCUT2D eigenvalue weighted by Gasteiger charge is -2.37. The van der Waals surface area contributed by atoms with Gasteiger partial charge in [-0.15, -0.1) is 0 Å². The van der Waals surface area contributed by atoms with Crippen LogP contribution in [0.5, 0.6) is 0 Å². The van der Waals surface area contributed by atoms with Crippen LogP contribution < -0.4 is 0 Å². The summed E-state index contributed by atoms with van der Waals surface area (Å²) in [6, 6.07) is 0. The van der Waals surface area contributed by atoms with E-state index in [1.54, 1.807) is 0 Å². The minimum Gasteiger partial charge on any atom is -0.385 e. The molecule has 1 fully saturated rings. The quantitative estimate of drug-likeness (QED) is 0.746. The maximum Gasteiger partial charge on any atom is 0.0915 e. The minimum absolute atomic E-state index is 0.654. The van der Waals surface area contributed by atoms with Crippen LogP contribution >= 0.6 is 0 Å². The third-order valence-corrected chi connectivity index (χ3v) is 2.78. The zero-order valence-electron chi connectivity index (χ0n) is 12.6. The molecule has 0 amide bonds. The zero-order valence-corrected chi connectivity index (χ0v) is 12.6. The van der Waals surface area contributed by atoms with Crippen LogP contribution in [0.25, 0.3) is 0 Å². The fraction of sp³-hybridized carbons (Fsp3) is 0.733. The van der Waals surface area contributed by atoms with E-state index >= 15 is 0 Å². The summed E-state index contributed by atoms with van der Waals surface area (Å²) in [4.78, 5) is 2.23. The van der Waals surface area contributed by atoms with Gasteiger partial charge in [-0.2, -0.15) is 0 Å². The van der Waals surface area contributed by atoms with Crippen molar-refractivity contribution in [1.29, 1.82) is 0 Å². The molecule has 1 aliphatic rings. The second-order valence-corrected chi connectivity index (χ2v) is 3.86. The van der Waals surface area contributed by atoms with E-state index in [1.165, 1.54) is 0 Å². The van der Waals surface area contributed by atoms with Crippen molar-refractivity contribution < 1.29 is 5.11 Å². The molecule has 0 unspecified atom stereocenters. The maximum absolute atomic E-state index is 10.2. The number of allylic oxidation sites excluding steroid dienone is 1. The highest BCUT2D eigenvalue weighted by Gasteiger charge is 2.32. The predicted molar refractivity (Wildman–Crippen MR) is 78.3 cm³/mol. The summed E-state index contributed by atoms with van der Waals surface area (Å²) in [6.45, 7) is 15.8. The lowest BCUT2D eigenvalue weighted by Crippen LogP contribution is -2.43. The standard InChI is InChI=1S/C11H19NO.2C2H6/c1-4-5-10(2)11(13)6-8-12(3)9-7-11;2*1-2/h4-5,13H,2,6-9H2,1,3H3;2*1-2H3/b5-4-;;. The van der Waals surface area contributed by atoms with Gasteiger partial charge in [-0.05, 0) is 32.4 Å². The molecule has 0 spiro atoms. The number of aliphatic hydroxyl groups is 1. The van der Waals surface area contributed by atoms with Crippen LogP contribution in [0, 0.1) is 0 Å². The molecule has 1 aliphatic heterocycles. The zero-order chi connectivity index (χ0) is 13.9. The summed E-state index contributed by atoms with van der Waals surface area (Å²) >= 11 is 0. The molecule has 1 saturated heterocycles. The van der Waals surface area contributed by atoms with Gasteiger partial charge in [0.05, 0.1) is 5.60 Å². The second-order valence-electron chi connectivity index (χ2n) is 3.86. The summed E-state index contributed by atoms with van der Waals surface area (Å²) in [5, 5.41) is 10.2. The fourth-order valence-electron chi connectivity index (χ4n) is 1.67. The monoisotopic (exact) mass is 241 g/mol. The van der Waals surface area contributed by atoms with Crippen molar-refractivity contribution in [3.05, 3.63) is 24.3 Å². The Kier molecular flexibility index (Phi) is 11.6. The van der Waals surface area contributed by atoms with Gasteiger partial charge in [0.15, 0.2) is 0 Å². The molecule has 2 heteroatoms. The number of nitrogens with zero attached hydrogens (tertiary/aromatic N) is 1. The van der Waals surface area contributed by atoms with Gasteiger partial charge in [-0.3, -0.25) is 0 Å². The molecule has 1 rings (SSSR count). The van der Waals surface area contributed by atoms with E-state index in [0.717, 1.165) is 31.5 Å². The smallest absolute Gasteiger partial charge is 0.0915 e. The molecule has 102 valence electrons. The van der Waals surface area contributed by atoms with Crippen LogP contribution in [0.1, 0.15) is 47.5 Å². The van der Waals surface area contributed by atoms with Gasteiger partial charge >= 0.3 is 0 Å². The van der Waals surface area contributed by atoms with E-state index in [2.05, 4.69) is 18.5 Å². The fourth-order valence-corrected chi connectivity index (χ4v) is 1.67. The predicted octanol–water partition coefficient (Wildman–Crippen LogP) is 3.63. The van der Waals surface area contributed by atoms with Crippen LogP contribution in [-0.4, -0.2) is 35.7 Å². The van der Waals surface area contributed by atoms with E-state index < -0.39 is 5.60 Å². The molecular weight excluding hydrogens is 210 g/mol. The molecule has 2 nitrogen and oxygen atoms in total. The van der Waals surface area contributed by atoms with Crippen molar-refractivity contribution in [2.75, 3.05) is 20.1 Å². The van der Waals surface area contributed by atoms with E-state index in [4.69, 9.17) is 0 Å². The van der Waals surface area contributed by atoms with Gasteiger partial charge < -0.3 is 10.0 Å². The minimum atomic E-state index is -0.654. The molecule has 1 heterocycles. The Morgan fingerprint density at radius 2 is 1.59 bits per heavy atom. The number of likely N-dealkylation sites (tertiary alicyclic amines) is 1. The third-order valence-electron chi connectivity index (χ3n) is 2.78. The molecule has 0 saturated carbocycles. The van der Waals surface area contributed by atoms with Crippen molar-refractivity contribution in [2.24, 2.45) is 0 Å². The lowest BCUT2D eigenvalue weighted by atomic mass is 9.85. The largest absolute Gasteiger partial charge is 0.385 e. The Hall–Kier alpha value is -0.600. The molecule has 0 aromatic carbocycles. The molecule has 0 bridgehead atoms. The van der Waals surface area contributed by atoms with Gasteiger partial charge in [0.1, 0.15) is 0 Å². The van der Waals surface area contributed by atoms with Crippen LogP contribution in [0.4, 0.5) is 0 Å². The highest BCUT2D eigenvalue weighted by atomic mass is 16.3. The highest BCUT2D eigenvalue weighted by molar-refractivity contribution is 5.26. The van der Waals surface area contributed by atoms with E-state index in [-0.39, 0.29) is 0 Å². The molecular formula is C15H31NO. The summed E-state index contributed by atoms with van der Waals surface area (Å²) in [5.41, 5.74) is 0.196. The van der Waals surface area contributed by atoms with Crippen LogP contribution in [-0.2, 0) is 0 Å². The number of piperidine rings is 1. The first kappa shape index (κ1) is 18.8. The summed E-state index contributed by atoms with van der Waals surface area (Å²) < 4.78 is 0. The van der Waals surface area contributed by atoms with Gasteiger partial charge in [0, 0.05) is 13.1 Å². The lowest BCUT2D eigenvalue weighted by molar-refractivity contribution is 0.0196. The third kappa shape index (κ3) is 6.64. The van der Waals surface area contributed by atoms with Crippen molar-refractivity contribution in [1.82, 2.24) is 4.90 Å². The Morgan fingerprint density at radius 1 is 1.18 bits per heavy atom. The van der Waals surface area contributed by atoms with Gasteiger partial charge in [0.25, 0.3) is 0 Å². The Labute approximate surface area is 108 Å². The second kappa shape index (κ2) is 10.5.